The first kappa shape index (κ1) is 15.2. The Bertz CT molecular complexity index is 751. The van der Waals surface area contributed by atoms with Crippen LogP contribution in [0.4, 0.5) is 0 Å². The van der Waals surface area contributed by atoms with Gasteiger partial charge >= 0.3 is 5.97 Å². The van der Waals surface area contributed by atoms with Gasteiger partial charge in [-0.25, -0.2) is 8.42 Å². The van der Waals surface area contributed by atoms with Gasteiger partial charge in [0.2, 0.25) is 5.89 Å². The van der Waals surface area contributed by atoms with Crippen LogP contribution in [-0.4, -0.2) is 29.6 Å². The lowest BCUT2D eigenvalue weighted by molar-refractivity contribution is -0.137. The van der Waals surface area contributed by atoms with Crippen molar-refractivity contribution in [3.63, 3.8) is 0 Å². The molecule has 1 heterocycles. The molecule has 0 saturated carbocycles. The minimum absolute atomic E-state index is 0.0265. The Labute approximate surface area is 121 Å². The number of carboxylic acid groups (broad SMARTS) is 1. The highest BCUT2D eigenvalue weighted by Crippen LogP contribution is 2.18. The summed E-state index contributed by atoms with van der Waals surface area (Å²) in [5.74, 6) is -1.22. The Morgan fingerprint density at radius 2 is 2.05 bits per heavy atom. The van der Waals surface area contributed by atoms with E-state index in [0.717, 1.165) is 0 Å². The standard InChI is InChI=1S/C13H14N2O5S/c1-9-4-2-3-5-10(9)21(18,19)8-11-14-12(20-15-11)6-7-13(16)17/h2-5H,6-8H2,1H3,(H,16,17). The van der Waals surface area contributed by atoms with Gasteiger partial charge in [0.15, 0.2) is 15.7 Å². The summed E-state index contributed by atoms with van der Waals surface area (Å²) in [5, 5.41) is 12.1. The van der Waals surface area contributed by atoms with Crippen LogP contribution in [0.3, 0.4) is 0 Å². The Morgan fingerprint density at radius 3 is 2.71 bits per heavy atom. The van der Waals surface area contributed by atoms with Crippen molar-refractivity contribution in [3.05, 3.63) is 41.5 Å². The molecule has 1 aromatic heterocycles. The molecule has 0 spiro atoms. The van der Waals surface area contributed by atoms with Gasteiger partial charge in [0, 0.05) is 6.42 Å². The van der Waals surface area contributed by atoms with Crippen molar-refractivity contribution < 1.29 is 22.8 Å². The first-order chi connectivity index (χ1) is 9.88. The van der Waals surface area contributed by atoms with Gasteiger partial charge in [-0.2, -0.15) is 4.98 Å². The van der Waals surface area contributed by atoms with E-state index >= 15 is 0 Å². The quantitative estimate of drug-likeness (QED) is 0.857. The molecule has 0 atom stereocenters. The van der Waals surface area contributed by atoms with Gasteiger partial charge in [0.1, 0.15) is 5.75 Å². The van der Waals surface area contributed by atoms with Gasteiger partial charge in [-0.15, -0.1) is 0 Å². The van der Waals surface area contributed by atoms with Crippen LogP contribution in [0.1, 0.15) is 23.7 Å². The van der Waals surface area contributed by atoms with E-state index in [0.29, 0.717) is 5.56 Å². The molecule has 7 nitrogen and oxygen atoms in total. The molecule has 0 bridgehead atoms. The second-order valence-electron chi connectivity index (χ2n) is 4.52. The number of nitrogens with zero attached hydrogens (tertiary/aromatic N) is 2. The number of carboxylic acids is 1. The topological polar surface area (TPSA) is 110 Å². The monoisotopic (exact) mass is 310 g/mol. The maximum absolute atomic E-state index is 12.3. The third kappa shape index (κ3) is 3.88. The van der Waals surface area contributed by atoms with Crippen molar-refractivity contribution in [2.24, 2.45) is 0 Å². The maximum Gasteiger partial charge on any atom is 0.303 e. The average molecular weight is 310 g/mol. The van der Waals surface area contributed by atoms with Crippen LogP contribution in [0.15, 0.2) is 33.7 Å². The summed E-state index contributed by atoms with van der Waals surface area (Å²) in [5.41, 5.74) is 0.645. The lowest BCUT2D eigenvalue weighted by Gasteiger charge is -2.04. The summed E-state index contributed by atoms with van der Waals surface area (Å²) in [6.07, 6.45) is -0.0705. The lowest BCUT2D eigenvalue weighted by atomic mass is 10.2. The van der Waals surface area contributed by atoms with E-state index in [1.807, 2.05) is 0 Å². The molecular weight excluding hydrogens is 296 g/mol. The van der Waals surface area contributed by atoms with Gasteiger partial charge in [-0.3, -0.25) is 4.79 Å². The predicted octanol–water partition coefficient (Wildman–Crippen LogP) is 1.37. The largest absolute Gasteiger partial charge is 0.481 e. The van der Waals surface area contributed by atoms with Crippen molar-refractivity contribution >= 4 is 15.8 Å². The molecule has 0 saturated heterocycles. The Morgan fingerprint density at radius 1 is 1.33 bits per heavy atom. The van der Waals surface area contributed by atoms with Crippen LogP contribution in [0, 0.1) is 6.92 Å². The summed E-state index contributed by atoms with van der Waals surface area (Å²) in [4.78, 5) is 14.6. The fourth-order valence-electron chi connectivity index (χ4n) is 1.82. The smallest absolute Gasteiger partial charge is 0.303 e. The molecule has 21 heavy (non-hydrogen) atoms. The molecule has 0 aliphatic rings. The number of aromatic nitrogens is 2. The molecule has 1 aromatic carbocycles. The van der Waals surface area contributed by atoms with Crippen LogP contribution < -0.4 is 0 Å². The van der Waals surface area contributed by atoms with Crippen LogP contribution in [0.5, 0.6) is 0 Å². The number of hydrogen-bond acceptors (Lipinski definition) is 6. The highest BCUT2D eigenvalue weighted by atomic mass is 32.2. The summed E-state index contributed by atoms with van der Waals surface area (Å²) in [6, 6.07) is 6.64. The van der Waals surface area contributed by atoms with E-state index in [1.165, 1.54) is 6.07 Å². The van der Waals surface area contributed by atoms with Gasteiger partial charge in [0.05, 0.1) is 11.3 Å². The van der Waals surface area contributed by atoms with Crippen molar-refractivity contribution in [2.75, 3.05) is 0 Å². The van der Waals surface area contributed by atoms with E-state index in [-0.39, 0.29) is 35.2 Å². The minimum atomic E-state index is -3.56. The Balaban J connectivity index is 2.14. The number of sulfone groups is 1. The molecular formula is C13H14N2O5S. The van der Waals surface area contributed by atoms with Crippen LogP contribution in [-0.2, 0) is 26.8 Å². The highest BCUT2D eigenvalue weighted by Gasteiger charge is 2.21. The molecule has 1 N–H and O–H groups in total. The van der Waals surface area contributed by atoms with E-state index in [2.05, 4.69) is 10.1 Å². The molecule has 2 rings (SSSR count). The Hall–Kier alpha value is -2.22. The van der Waals surface area contributed by atoms with E-state index in [9.17, 15) is 13.2 Å². The molecule has 0 aliphatic carbocycles. The molecule has 112 valence electrons. The van der Waals surface area contributed by atoms with Crippen LogP contribution in [0.25, 0.3) is 0 Å². The van der Waals surface area contributed by atoms with E-state index in [4.69, 9.17) is 9.63 Å². The zero-order valence-corrected chi connectivity index (χ0v) is 12.1. The molecule has 0 fully saturated rings. The van der Waals surface area contributed by atoms with Gasteiger partial charge in [-0.05, 0) is 18.6 Å². The number of rotatable bonds is 6. The number of benzene rings is 1. The molecule has 0 radical (unpaired) electrons. The molecule has 8 heteroatoms. The lowest BCUT2D eigenvalue weighted by Crippen LogP contribution is -2.08. The zero-order valence-electron chi connectivity index (χ0n) is 11.3. The first-order valence-corrected chi connectivity index (χ1v) is 7.85. The predicted molar refractivity (Wildman–Crippen MR) is 72.3 cm³/mol. The summed E-state index contributed by atoms with van der Waals surface area (Å²) in [7, 11) is -3.56. The molecule has 0 aliphatic heterocycles. The zero-order chi connectivity index (χ0) is 15.5. The first-order valence-electron chi connectivity index (χ1n) is 6.20. The average Bonchev–Trinajstić information content (AvgIpc) is 2.83. The van der Waals surface area contributed by atoms with Gasteiger partial charge in [-0.1, -0.05) is 23.4 Å². The number of carbonyl (C=O) groups is 1. The Kier molecular flexibility index (Phi) is 4.37. The molecule has 2 aromatic rings. The SMILES string of the molecule is Cc1ccccc1S(=O)(=O)Cc1noc(CCC(=O)O)n1. The number of hydrogen-bond donors (Lipinski definition) is 1. The molecule has 0 unspecified atom stereocenters. The van der Waals surface area contributed by atoms with Crippen molar-refractivity contribution in [3.8, 4) is 0 Å². The maximum atomic E-state index is 12.3. The van der Waals surface area contributed by atoms with Crippen LogP contribution in [0.2, 0.25) is 0 Å². The minimum Gasteiger partial charge on any atom is -0.481 e. The number of aryl methyl sites for hydroxylation is 2. The van der Waals surface area contributed by atoms with Crippen LogP contribution >= 0.6 is 0 Å². The van der Waals surface area contributed by atoms with Gasteiger partial charge < -0.3 is 9.63 Å². The van der Waals surface area contributed by atoms with E-state index in [1.54, 1.807) is 25.1 Å². The second-order valence-corrected chi connectivity index (χ2v) is 6.48. The van der Waals surface area contributed by atoms with Gasteiger partial charge in [0.25, 0.3) is 0 Å². The summed E-state index contributed by atoms with van der Waals surface area (Å²) < 4.78 is 29.4. The van der Waals surface area contributed by atoms with E-state index < -0.39 is 15.8 Å². The fourth-order valence-corrected chi connectivity index (χ4v) is 3.27. The number of aliphatic carboxylic acids is 1. The third-order valence-electron chi connectivity index (χ3n) is 2.81. The third-order valence-corrected chi connectivity index (χ3v) is 4.58. The van der Waals surface area contributed by atoms with Crippen molar-refractivity contribution in [1.29, 1.82) is 0 Å². The molecule has 0 amide bonds. The summed E-state index contributed by atoms with van der Waals surface area (Å²) >= 11 is 0. The second kappa shape index (κ2) is 6.04. The fraction of sp³-hybridized carbons (Fsp3) is 0.308. The van der Waals surface area contributed by atoms with Crippen molar-refractivity contribution in [2.45, 2.75) is 30.4 Å². The van der Waals surface area contributed by atoms with Crippen molar-refractivity contribution in [1.82, 2.24) is 10.1 Å². The summed E-state index contributed by atoms with van der Waals surface area (Å²) in [6.45, 7) is 1.71. The highest BCUT2D eigenvalue weighted by molar-refractivity contribution is 7.90. The normalized spacial score (nSPS) is 11.5.